The van der Waals surface area contributed by atoms with Crippen LogP contribution in [0.15, 0.2) is 18.2 Å². The second-order valence-corrected chi connectivity index (χ2v) is 26.5. The number of pyridine rings is 1. The lowest BCUT2D eigenvalue weighted by atomic mass is 10.1. The molecule has 0 spiro atoms. The van der Waals surface area contributed by atoms with Gasteiger partial charge in [-0.25, -0.2) is 9.37 Å². The summed E-state index contributed by atoms with van der Waals surface area (Å²) in [6.07, 6.45) is 0.212. The molecule has 2 N–H and O–H groups in total. The van der Waals surface area contributed by atoms with Crippen molar-refractivity contribution in [3.8, 4) is 11.8 Å². The van der Waals surface area contributed by atoms with Crippen molar-refractivity contribution in [1.29, 1.82) is 0 Å². The Morgan fingerprint density at radius 1 is 1.06 bits per heavy atom. The molecule has 1 aliphatic carbocycles. The number of anilines is 1. The predicted molar refractivity (Wildman–Crippen MR) is 185 cm³/mol. The molecule has 4 heterocycles. The van der Waals surface area contributed by atoms with E-state index < -0.39 is 28.3 Å². The number of phenolic OH excluding ortho intramolecular Hbond substituents is 1. The van der Waals surface area contributed by atoms with Gasteiger partial charge in [0, 0.05) is 26.3 Å². The minimum absolute atomic E-state index is 0.0696. The fourth-order valence-electron chi connectivity index (χ4n) is 6.18. The fourth-order valence-corrected chi connectivity index (χ4v) is 8.45. The Bertz CT molecular complexity index is 1630. The molecule has 2 aliphatic heterocycles. The number of aryl methyl sites for hydroxylation is 1. The summed E-state index contributed by atoms with van der Waals surface area (Å²) in [4.78, 5) is 9.67. The second kappa shape index (κ2) is 12.9. The lowest BCUT2D eigenvalue weighted by Crippen LogP contribution is -2.47. The van der Waals surface area contributed by atoms with Crippen molar-refractivity contribution in [3.63, 3.8) is 0 Å². The maximum atomic E-state index is 14.9. The van der Waals surface area contributed by atoms with Gasteiger partial charge >= 0.3 is 6.01 Å². The van der Waals surface area contributed by atoms with Gasteiger partial charge in [0.1, 0.15) is 41.8 Å². The third-order valence-electron chi connectivity index (χ3n) is 9.89. The van der Waals surface area contributed by atoms with E-state index in [1.54, 1.807) is 12.1 Å². The van der Waals surface area contributed by atoms with E-state index >= 15 is 0 Å². The van der Waals surface area contributed by atoms with Crippen LogP contribution in [0, 0.1) is 5.82 Å². The van der Waals surface area contributed by atoms with E-state index in [0.29, 0.717) is 66.2 Å². The quantitative estimate of drug-likeness (QED) is 0.157. The standard InChI is InChI=1S/C33H48ClFN4O6Si2/c1-33(2,3)47(7,8)45-26-17-43-28-25(16-42-29(26)28)44-32-37-24-15-21(34)30(38-31(24)39(32)18-41-11-12-46(4,5)6)36-23-10-9-19-13-20(40)14-22(35)27(19)23/h13-15,23,25-26,28-29,40H,9-12,16-18H2,1-8H3,(H,36,38)/t23-,25+,26?,28+,29+/m0/s1. The molecule has 3 aromatic rings. The molecule has 258 valence electrons. The molecule has 0 saturated carbocycles. The summed E-state index contributed by atoms with van der Waals surface area (Å²) in [6.45, 7) is 19.7. The molecule has 47 heavy (non-hydrogen) atoms. The molecule has 0 amide bonds. The van der Waals surface area contributed by atoms with Crippen LogP contribution in [0.25, 0.3) is 11.2 Å². The summed E-state index contributed by atoms with van der Waals surface area (Å²) < 4.78 is 48.6. The van der Waals surface area contributed by atoms with E-state index in [0.717, 1.165) is 17.7 Å². The van der Waals surface area contributed by atoms with Gasteiger partial charge in [0.15, 0.2) is 20.1 Å². The average molecular weight is 707 g/mol. The summed E-state index contributed by atoms with van der Waals surface area (Å²) >= 11 is 6.73. The maximum Gasteiger partial charge on any atom is 0.301 e. The van der Waals surface area contributed by atoms with E-state index in [1.165, 1.54) is 0 Å². The number of imidazole rings is 1. The van der Waals surface area contributed by atoms with Gasteiger partial charge in [-0.2, -0.15) is 4.98 Å². The number of phenols is 1. The first-order chi connectivity index (χ1) is 22.0. The molecule has 14 heteroatoms. The highest BCUT2D eigenvalue weighted by atomic mass is 35.5. The van der Waals surface area contributed by atoms with Crippen LogP contribution < -0.4 is 10.1 Å². The SMILES string of the molecule is CC(C)(C)[Si](C)(C)OC1CO[C@H]2[C@@H]1OC[C@H]2Oc1nc2cc(Cl)c(N[C@H]3CCc4cc(O)cc(F)c43)nc2n1COCC[Si](C)(C)C. The average Bonchev–Trinajstić information content (AvgIpc) is 3.71. The zero-order valence-electron chi connectivity index (χ0n) is 28.7. The van der Waals surface area contributed by atoms with Crippen molar-refractivity contribution < 1.29 is 32.9 Å². The van der Waals surface area contributed by atoms with Crippen molar-refractivity contribution in [2.45, 2.75) is 115 Å². The third kappa shape index (κ3) is 7.22. The van der Waals surface area contributed by atoms with Crippen LogP contribution in [0.1, 0.15) is 44.4 Å². The van der Waals surface area contributed by atoms with Gasteiger partial charge in [0.05, 0.1) is 30.4 Å². The molecule has 2 saturated heterocycles. The van der Waals surface area contributed by atoms with Crippen LogP contribution >= 0.6 is 11.6 Å². The number of benzene rings is 1. The Hall–Kier alpha value is -2.27. The first-order valence-electron chi connectivity index (χ1n) is 16.5. The first kappa shape index (κ1) is 34.6. The van der Waals surface area contributed by atoms with E-state index in [2.05, 4.69) is 58.8 Å². The van der Waals surface area contributed by atoms with Gasteiger partial charge in [-0.1, -0.05) is 52.0 Å². The fraction of sp³-hybridized carbons (Fsp3) is 0.636. The summed E-state index contributed by atoms with van der Waals surface area (Å²) in [7, 11) is -3.34. The molecule has 1 unspecified atom stereocenters. The number of hydrogen-bond acceptors (Lipinski definition) is 9. The van der Waals surface area contributed by atoms with Crippen LogP contribution in [-0.2, 0) is 31.8 Å². The molecular weight excluding hydrogens is 659 g/mol. The summed E-state index contributed by atoms with van der Waals surface area (Å²) in [6, 6.07) is 5.50. The third-order valence-corrected chi connectivity index (χ3v) is 16.4. The van der Waals surface area contributed by atoms with Crippen LogP contribution in [0.4, 0.5) is 10.2 Å². The van der Waals surface area contributed by atoms with E-state index in [4.69, 9.17) is 44.9 Å². The van der Waals surface area contributed by atoms with Gasteiger partial charge in [-0.3, -0.25) is 4.57 Å². The Morgan fingerprint density at radius 3 is 2.47 bits per heavy atom. The number of aromatic nitrogens is 3. The molecule has 2 fully saturated rings. The smallest absolute Gasteiger partial charge is 0.301 e. The topological polar surface area (TPSA) is 109 Å². The molecule has 1 aromatic carbocycles. The molecule has 2 aromatic heterocycles. The van der Waals surface area contributed by atoms with Gasteiger partial charge in [0.2, 0.25) is 0 Å². The van der Waals surface area contributed by atoms with E-state index in [9.17, 15) is 9.50 Å². The molecule has 5 atom stereocenters. The van der Waals surface area contributed by atoms with Crippen molar-refractivity contribution in [2.24, 2.45) is 0 Å². The molecule has 0 radical (unpaired) electrons. The van der Waals surface area contributed by atoms with Crippen LogP contribution in [0.2, 0.25) is 48.8 Å². The van der Waals surface area contributed by atoms with Crippen LogP contribution in [0.3, 0.4) is 0 Å². The second-order valence-electron chi connectivity index (χ2n) is 15.7. The number of nitrogens with one attached hydrogen (secondary N) is 1. The van der Waals surface area contributed by atoms with Crippen molar-refractivity contribution >= 4 is 45.0 Å². The molecule has 6 rings (SSSR count). The number of aromatic hydroxyl groups is 1. The number of fused-ring (bicyclic) bond motifs is 3. The van der Waals surface area contributed by atoms with Gasteiger partial charge in [-0.05, 0) is 54.7 Å². The van der Waals surface area contributed by atoms with Crippen molar-refractivity contribution in [2.75, 3.05) is 25.1 Å². The summed E-state index contributed by atoms with van der Waals surface area (Å²) in [5, 5.41) is 13.6. The minimum Gasteiger partial charge on any atom is -0.508 e. The van der Waals surface area contributed by atoms with E-state index in [1.807, 2.05) is 4.57 Å². The number of halogens is 2. The maximum absolute atomic E-state index is 14.9. The largest absolute Gasteiger partial charge is 0.508 e. The molecule has 0 bridgehead atoms. The number of rotatable bonds is 11. The Balaban J connectivity index is 1.25. The summed E-state index contributed by atoms with van der Waals surface area (Å²) in [5.41, 5.74) is 2.38. The predicted octanol–water partition coefficient (Wildman–Crippen LogP) is 7.28. The van der Waals surface area contributed by atoms with Gasteiger partial charge in [0.25, 0.3) is 0 Å². The number of hydrogen-bond donors (Lipinski definition) is 2. The number of nitrogens with zero attached hydrogens (tertiary/aromatic N) is 3. The van der Waals surface area contributed by atoms with Gasteiger partial charge in [-0.15, -0.1) is 0 Å². The van der Waals surface area contributed by atoms with E-state index in [-0.39, 0.29) is 41.9 Å². The zero-order valence-corrected chi connectivity index (χ0v) is 31.4. The van der Waals surface area contributed by atoms with Crippen LogP contribution in [-0.4, -0.2) is 80.3 Å². The minimum atomic E-state index is -2.03. The number of ether oxygens (including phenoxy) is 4. The van der Waals surface area contributed by atoms with Crippen molar-refractivity contribution in [3.05, 3.63) is 40.2 Å². The lowest BCUT2D eigenvalue weighted by Gasteiger charge is -2.39. The zero-order chi connectivity index (χ0) is 33.9. The normalized spacial score (nSPS) is 24.6. The Morgan fingerprint density at radius 2 is 1.77 bits per heavy atom. The highest BCUT2D eigenvalue weighted by molar-refractivity contribution is 6.76. The monoisotopic (exact) mass is 706 g/mol. The highest BCUT2D eigenvalue weighted by Gasteiger charge is 2.52. The van der Waals surface area contributed by atoms with Crippen molar-refractivity contribution in [1.82, 2.24) is 14.5 Å². The van der Waals surface area contributed by atoms with Gasteiger partial charge < -0.3 is 33.8 Å². The lowest BCUT2D eigenvalue weighted by molar-refractivity contribution is 0.00687. The molecule has 10 nitrogen and oxygen atoms in total. The Labute approximate surface area is 283 Å². The first-order valence-corrected chi connectivity index (χ1v) is 23.5. The molecular formula is C33H48ClFN4O6Si2. The Kier molecular flexibility index (Phi) is 9.48. The highest BCUT2D eigenvalue weighted by Crippen LogP contribution is 2.42. The van der Waals surface area contributed by atoms with Crippen LogP contribution in [0.5, 0.6) is 11.8 Å². The molecule has 3 aliphatic rings. The summed E-state index contributed by atoms with van der Waals surface area (Å²) in [5.74, 6) is -0.120.